The van der Waals surface area contributed by atoms with Gasteiger partial charge in [0.25, 0.3) is 0 Å². The second kappa shape index (κ2) is 4.84. The van der Waals surface area contributed by atoms with Crippen molar-refractivity contribution >= 4 is 0 Å². The molecule has 1 saturated carbocycles. The first-order valence-electron chi connectivity index (χ1n) is 6.61. The minimum absolute atomic E-state index is 0.753. The third-order valence-electron chi connectivity index (χ3n) is 4.68. The number of fused-ring (bicyclic) bond motifs is 1. The quantitative estimate of drug-likeness (QED) is 0.763. The van der Waals surface area contributed by atoms with Crippen molar-refractivity contribution in [1.29, 1.82) is 0 Å². The maximum atomic E-state index is 3.30. The molecule has 2 rings (SSSR count). The zero-order chi connectivity index (χ0) is 10.8. The molecule has 15 heavy (non-hydrogen) atoms. The van der Waals surface area contributed by atoms with Crippen molar-refractivity contribution < 1.29 is 0 Å². The van der Waals surface area contributed by atoms with E-state index in [2.05, 4.69) is 31.1 Å². The van der Waals surface area contributed by atoms with Gasteiger partial charge in [0.1, 0.15) is 0 Å². The van der Waals surface area contributed by atoms with Gasteiger partial charge in [-0.3, -0.25) is 4.90 Å². The van der Waals surface area contributed by atoms with E-state index in [4.69, 9.17) is 0 Å². The Morgan fingerprint density at radius 2 is 1.80 bits per heavy atom. The molecule has 0 aromatic carbocycles. The van der Waals surface area contributed by atoms with Crippen molar-refractivity contribution in [2.24, 2.45) is 17.8 Å². The Morgan fingerprint density at radius 1 is 1.20 bits per heavy atom. The average Bonchev–Trinajstić information content (AvgIpc) is 2.75. The lowest BCUT2D eigenvalue weighted by molar-refractivity contribution is 0.183. The zero-order valence-corrected chi connectivity index (χ0v) is 10.5. The van der Waals surface area contributed by atoms with Gasteiger partial charge in [-0.05, 0) is 51.1 Å². The van der Waals surface area contributed by atoms with Crippen molar-refractivity contribution in [1.82, 2.24) is 10.2 Å². The summed E-state index contributed by atoms with van der Waals surface area (Å²) in [5.74, 6) is 2.84. The largest absolute Gasteiger partial charge is 0.319 e. The summed E-state index contributed by atoms with van der Waals surface area (Å²) in [5, 5.41) is 3.30. The number of nitrogens with zero attached hydrogens (tertiary/aromatic N) is 1. The predicted molar refractivity (Wildman–Crippen MR) is 65.0 cm³/mol. The summed E-state index contributed by atoms with van der Waals surface area (Å²) >= 11 is 0. The molecule has 1 saturated heterocycles. The number of likely N-dealkylation sites (tertiary alicyclic amines) is 1. The van der Waals surface area contributed by atoms with E-state index < -0.39 is 0 Å². The summed E-state index contributed by atoms with van der Waals surface area (Å²) in [6.07, 6.45) is 4.48. The van der Waals surface area contributed by atoms with Crippen molar-refractivity contribution in [2.75, 3.05) is 26.7 Å². The molecule has 88 valence electrons. The van der Waals surface area contributed by atoms with Crippen molar-refractivity contribution in [3.63, 3.8) is 0 Å². The van der Waals surface area contributed by atoms with Gasteiger partial charge in [0.05, 0.1) is 0 Å². The van der Waals surface area contributed by atoms with Crippen LogP contribution in [0.3, 0.4) is 0 Å². The minimum Gasteiger partial charge on any atom is -0.319 e. The molecular weight excluding hydrogens is 184 g/mol. The molecule has 4 unspecified atom stereocenters. The highest BCUT2D eigenvalue weighted by Crippen LogP contribution is 2.38. The second-order valence-electron chi connectivity index (χ2n) is 5.68. The molecular formula is C13H26N2. The fourth-order valence-electron chi connectivity index (χ4n) is 3.46. The van der Waals surface area contributed by atoms with Gasteiger partial charge in [-0.1, -0.05) is 13.3 Å². The minimum atomic E-state index is 0.753. The lowest BCUT2D eigenvalue weighted by atomic mass is 10.0. The van der Waals surface area contributed by atoms with Crippen LogP contribution in [0.1, 0.15) is 33.1 Å². The molecule has 2 heteroatoms. The summed E-state index contributed by atoms with van der Waals surface area (Å²) < 4.78 is 0. The lowest BCUT2D eigenvalue weighted by Crippen LogP contribution is -2.39. The lowest BCUT2D eigenvalue weighted by Gasteiger charge is -2.30. The Bertz CT molecular complexity index is 193. The standard InChI is InChI=1S/C13H26N2/c1-10(7-14-3)11(2)15-8-12-5-4-6-13(12)9-15/h10-14H,4-9H2,1-3H3. The van der Waals surface area contributed by atoms with Gasteiger partial charge < -0.3 is 5.32 Å². The third-order valence-corrected chi connectivity index (χ3v) is 4.68. The Kier molecular flexibility index (Phi) is 3.68. The summed E-state index contributed by atoms with van der Waals surface area (Å²) in [6, 6.07) is 0.753. The van der Waals surface area contributed by atoms with Crippen LogP contribution in [0.25, 0.3) is 0 Å². The molecule has 1 N–H and O–H groups in total. The molecule has 0 aromatic heterocycles. The van der Waals surface area contributed by atoms with Crippen LogP contribution in [0.2, 0.25) is 0 Å². The smallest absolute Gasteiger partial charge is 0.0105 e. The molecule has 0 aromatic rings. The molecule has 0 amide bonds. The third kappa shape index (κ3) is 2.36. The Hall–Kier alpha value is -0.0800. The predicted octanol–water partition coefficient (Wildman–Crippen LogP) is 1.96. The molecule has 1 aliphatic heterocycles. The van der Waals surface area contributed by atoms with Crippen LogP contribution in [0.4, 0.5) is 0 Å². The first kappa shape index (κ1) is 11.4. The highest BCUT2D eigenvalue weighted by atomic mass is 15.2. The topological polar surface area (TPSA) is 15.3 Å². The molecule has 0 bridgehead atoms. The molecule has 2 fully saturated rings. The van der Waals surface area contributed by atoms with Gasteiger partial charge in [0.2, 0.25) is 0 Å². The number of hydrogen-bond donors (Lipinski definition) is 1. The average molecular weight is 210 g/mol. The summed E-state index contributed by atoms with van der Waals surface area (Å²) in [7, 11) is 2.06. The highest BCUT2D eigenvalue weighted by molar-refractivity contribution is 4.91. The van der Waals surface area contributed by atoms with E-state index in [1.54, 1.807) is 0 Å². The van der Waals surface area contributed by atoms with E-state index in [0.717, 1.165) is 30.3 Å². The maximum absolute atomic E-state index is 3.30. The van der Waals surface area contributed by atoms with Crippen molar-refractivity contribution in [3.05, 3.63) is 0 Å². The van der Waals surface area contributed by atoms with Gasteiger partial charge in [0, 0.05) is 19.1 Å². The molecule has 0 radical (unpaired) electrons. The number of hydrogen-bond acceptors (Lipinski definition) is 2. The fraction of sp³-hybridized carbons (Fsp3) is 1.00. The normalized spacial score (nSPS) is 35.4. The Labute approximate surface area is 94.4 Å². The highest BCUT2D eigenvalue weighted by Gasteiger charge is 2.38. The van der Waals surface area contributed by atoms with Crippen LogP contribution in [-0.2, 0) is 0 Å². The number of rotatable bonds is 4. The van der Waals surface area contributed by atoms with Crippen LogP contribution >= 0.6 is 0 Å². The second-order valence-corrected chi connectivity index (χ2v) is 5.68. The molecule has 2 nitrogen and oxygen atoms in total. The first-order chi connectivity index (χ1) is 7.22. The number of nitrogens with one attached hydrogen (secondary N) is 1. The Balaban J connectivity index is 1.84. The van der Waals surface area contributed by atoms with E-state index >= 15 is 0 Å². The Morgan fingerprint density at radius 3 is 2.33 bits per heavy atom. The van der Waals surface area contributed by atoms with Gasteiger partial charge in [-0.15, -0.1) is 0 Å². The molecule has 0 spiro atoms. The van der Waals surface area contributed by atoms with Gasteiger partial charge in [0.15, 0.2) is 0 Å². The first-order valence-corrected chi connectivity index (χ1v) is 6.61. The molecule has 4 atom stereocenters. The van der Waals surface area contributed by atoms with Gasteiger partial charge in [-0.2, -0.15) is 0 Å². The van der Waals surface area contributed by atoms with Crippen LogP contribution in [-0.4, -0.2) is 37.6 Å². The monoisotopic (exact) mass is 210 g/mol. The fourth-order valence-corrected chi connectivity index (χ4v) is 3.46. The van der Waals surface area contributed by atoms with Gasteiger partial charge in [-0.25, -0.2) is 0 Å². The summed E-state index contributed by atoms with van der Waals surface area (Å²) in [6.45, 7) is 8.67. The molecule has 1 aliphatic carbocycles. The van der Waals surface area contributed by atoms with E-state index in [1.165, 1.54) is 32.4 Å². The molecule has 1 heterocycles. The summed E-state index contributed by atoms with van der Waals surface area (Å²) in [4.78, 5) is 2.73. The van der Waals surface area contributed by atoms with Gasteiger partial charge >= 0.3 is 0 Å². The van der Waals surface area contributed by atoms with Crippen LogP contribution in [0.15, 0.2) is 0 Å². The molecule has 2 aliphatic rings. The van der Waals surface area contributed by atoms with Crippen LogP contribution in [0, 0.1) is 17.8 Å². The van der Waals surface area contributed by atoms with E-state index in [0.29, 0.717) is 0 Å². The van der Waals surface area contributed by atoms with Crippen LogP contribution < -0.4 is 5.32 Å². The van der Waals surface area contributed by atoms with E-state index in [1.807, 2.05) is 0 Å². The zero-order valence-electron chi connectivity index (χ0n) is 10.5. The van der Waals surface area contributed by atoms with E-state index in [9.17, 15) is 0 Å². The van der Waals surface area contributed by atoms with Crippen LogP contribution in [0.5, 0.6) is 0 Å². The maximum Gasteiger partial charge on any atom is 0.0105 e. The van der Waals surface area contributed by atoms with E-state index in [-0.39, 0.29) is 0 Å². The SMILES string of the molecule is CNCC(C)C(C)N1CC2CCCC2C1. The van der Waals surface area contributed by atoms with Crippen molar-refractivity contribution in [2.45, 2.75) is 39.2 Å². The van der Waals surface area contributed by atoms with Crippen molar-refractivity contribution in [3.8, 4) is 0 Å². The summed E-state index contributed by atoms with van der Waals surface area (Å²) in [5.41, 5.74) is 0.